The molecule has 2 aromatic heterocycles. The van der Waals surface area contributed by atoms with E-state index in [1.54, 1.807) is 23.6 Å². The van der Waals surface area contributed by atoms with Gasteiger partial charge >= 0.3 is 5.97 Å². The first-order valence-corrected chi connectivity index (χ1v) is 8.14. The first-order chi connectivity index (χ1) is 12.1. The monoisotopic (exact) mass is 360 g/mol. The van der Waals surface area contributed by atoms with Crippen LogP contribution in [0.4, 0.5) is 15.2 Å². The van der Waals surface area contributed by atoms with Crippen molar-refractivity contribution in [3.8, 4) is 0 Å². The molecule has 0 atom stereocenters. The zero-order chi connectivity index (χ0) is 17.8. The van der Waals surface area contributed by atoms with E-state index in [0.29, 0.717) is 10.8 Å². The molecule has 0 fully saturated rings. The fourth-order valence-electron chi connectivity index (χ4n) is 2.11. The van der Waals surface area contributed by atoms with Crippen molar-refractivity contribution in [1.82, 2.24) is 4.98 Å². The number of para-hydroxylation sites is 1. The van der Waals surface area contributed by atoms with E-state index >= 15 is 0 Å². The maximum Gasteiger partial charge on any atom is 0.374 e. The summed E-state index contributed by atoms with van der Waals surface area (Å²) >= 11 is 1.15. The number of hydrogen-bond acceptors (Lipinski definition) is 6. The highest BCUT2D eigenvalue weighted by Crippen LogP contribution is 2.30. The van der Waals surface area contributed by atoms with Gasteiger partial charge in [0, 0.05) is 12.3 Å². The Morgan fingerprint density at radius 3 is 2.76 bits per heavy atom. The SMILES string of the molecule is CC(=O)N(c1nc(COC(=O)c2ccco2)cs1)c1ccccc1F. The van der Waals surface area contributed by atoms with Gasteiger partial charge in [-0.2, -0.15) is 0 Å². The summed E-state index contributed by atoms with van der Waals surface area (Å²) in [5.41, 5.74) is 0.561. The number of rotatable bonds is 5. The van der Waals surface area contributed by atoms with E-state index in [1.807, 2.05) is 0 Å². The Morgan fingerprint density at radius 1 is 1.28 bits per heavy atom. The molecule has 0 bridgehead atoms. The number of benzene rings is 1. The molecule has 0 saturated carbocycles. The average molecular weight is 360 g/mol. The van der Waals surface area contributed by atoms with Gasteiger partial charge in [-0.3, -0.25) is 9.69 Å². The van der Waals surface area contributed by atoms with Crippen LogP contribution in [0.2, 0.25) is 0 Å². The van der Waals surface area contributed by atoms with Crippen LogP contribution >= 0.6 is 11.3 Å². The zero-order valence-corrected chi connectivity index (χ0v) is 14.0. The van der Waals surface area contributed by atoms with Crippen LogP contribution in [-0.2, 0) is 16.1 Å². The third-order valence-electron chi connectivity index (χ3n) is 3.21. The molecule has 0 aliphatic rings. The summed E-state index contributed by atoms with van der Waals surface area (Å²) in [6.07, 6.45) is 1.37. The van der Waals surface area contributed by atoms with Gasteiger partial charge in [0.1, 0.15) is 12.4 Å². The summed E-state index contributed by atoms with van der Waals surface area (Å²) in [5, 5.41) is 1.93. The van der Waals surface area contributed by atoms with Crippen molar-refractivity contribution in [2.45, 2.75) is 13.5 Å². The smallest absolute Gasteiger partial charge is 0.374 e. The van der Waals surface area contributed by atoms with Crippen molar-refractivity contribution < 1.29 is 23.1 Å². The molecule has 128 valence electrons. The molecule has 0 spiro atoms. The van der Waals surface area contributed by atoms with Crippen molar-refractivity contribution in [3.05, 3.63) is 65.3 Å². The summed E-state index contributed by atoms with van der Waals surface area (Å²) in [4.78, 5) is 29.1. The Bertz CT molecular complexity index is 892. The highest BCUT2D eigenvalue weighted by atomic mass is 32.1. The molecule has 0 saturated heterocycles. The lowest BCUT2D eigenvalue weighted by atomic mass is 10.3. The Morgan fingerprint density at radius 2 is 2.08 bits per heavy atom. The Balaban J connectivity index is 1.76. The second-order valence-electron chi connectivity index (χ2n) is 4.98. The van der Waals surface area contributed by atoms with Crippen LogP contribution in [0.1, 0.15) is 23.2 Å². The number of hydrogen-bond donors (Lipinski definition) is 0. The van der Waals surface area contributed by atoms with E-state index in [0.717, 1.165) is 11.3 Å². The van der Waals surface area contributed by atoms with Crippen molar-refractivity contribution in [3.63, 3.8) is 0 Å². The minimum absolute atomic E-state index is 0.0843. The van der Waals surface area contributed by atoms with Crippen molar-refractivity contribution in [2.24, 2.45) is 0 Å². The van der Waals surface area contributed by atoms with Crippen LogP contribution in [0, 0.1) is 5.82 Å². The molecule has 2 heterocycles. The van der Waals surface area contributed by atoms with E-state index < -0.39 is 11.8 Å². The number of ether oxygens (including phenoxy) is 1. The zero-order valence-electron chi connectivity index (χ0n) is 13.1. The largest absolute Gasteiger partial charge is 0.457 e. The summed E-state index contributed by atoms with van der Waals surface area (Å²) in [6, 6.07) is 9.01. The van der Waals surface area contributed by atoms with Crippen molar-refractivity contribution in [1.29, 1.82) is 0 Å². The van der Waals surface area contributed by atoms with Gasteiger partial charge in [0.25, 0.3) is 0 Å². The molecule has 6 nitrogen and oxygen atoms in total. The molecule has 0 aliphatic heterocycles. The van der Waals surface area contributed by atoms with Crippen LogP contribution in [0.3, 0.4) is 0 Å². The molecule has 0 unspecified atom stereocenters. The standard InChI is InChI=1S/C17H13FN2O4S/c1-11(21)20(14-6-3-2-5-13(14)18)17-19-12(10-25-17)9-24-16(22)15-7-4-8-23-15/h2-8,10H,9H2,1H3. The lowest BCUT2D eigenvalue weighted by Crippen LogP contribution is -2.23. The molecule has 3 rings (SSSR count). The van der Waals surface area contributed by atoms with E-state index in [4.69, 9.17) is 9.15 Å². The fourth-order valence-corrected chi connectivity index (χ4v) is 2.98. The quantitative estimate of drug-likeness (QED) is 0.645. The van der Waals surface area contributed by atoms with Gasteiger partial charge in [-0.05, 0) is 24.3 Å². The summed E-state index contributed by atoms with van der Waals surface area (Å²) in [6.45, 7) is 1.24. The summed E-state index contributed by atoms with van der Waals surface area (Å²) < 4.78 is 24.0. The van der Waals surface area contributed by atoms with Crippen LogP contribution < -0.4 is 4.90 Å². The second kappa shape index (κ2) is 7.27. The number of anilines is 2. The molecule has 1 aromatic carbocycles. The number of furan rings is 1. The Labute approximate surface area is 146 Å². The van der Waals surface area contributed by atoms with Crippen LogP contribution in [0.5, 0.6) is 0 Å². The van der Waals surface area contributed by atoms with E-state index in [-0.39, 0.29) is 24.0 Å². The van der Waals surface area contributed by atoms with Crippen molar-refractivity contribution >= 4 is 34.0 Å². The van der Waals surface area contributed by atoms with E-state index in [9.17, 15) is 14.0 Å². The average Bonchev–Trinajstić information content (AvgIpc) is 3.26. The fraction of sp³-hybridized carbons (Fsp3) is 0.118. The second-order valence-corrected chi connectivity index (χ2v) is 5.82. The predicted molar refractivity (Wildman–Crippen MR) is 89.2 cm³/mol. The summed E-state index contributed by atoms with van der Waals surface area (Å²) in [5.74, 6) is -1.43. The number of nitrogens with zero attached hydrogens (tertiary/aromatic N) is 2. The maximum atomic E-state index is 14.0. The Hall–Kier alpha value is -3.00. The molecule has 1 amide bonds. The highest BCUT2D eigenvalue weighted by Gasteiger charge is 2.21. The molecule has 3 aromatic rings. The van der Waals surface area contributed by atoms with Gasteiger partial charge in [0.2, 0.25) is 11.7 Å². The Kier molecular flexibility index (Phi) is 4.90. The molecule has 8 heteroatoms. The number of thiazole rings is 1. The number of carbonyl (C=O) groups excluding carboxylic acids is 2. The predicted octanol–water partition coefficient (Wildman–Crippen LogP) is 3.92. The van der Waals surface area contributed by atoms with Crippen LogP contribution in [0.15, 0.2) is 52.5 Å². The summed E-state index contributed by atoms with van der Waals surface area (Å²) in [7, 11) is 0. The number of aromatic nitrogens is 1. The normalized spacial score (nSPS) is 10.5. The van der Waals surface area contributed by atoms with Gasteiger partial charge < -0.3 is 9.15 Å². The van der Waals surface area contributed by atoms with Crippen LogP contribution in [0.25, 0.3) is 0 Å². The number of amides is 1. The first-order valence-electron chi connectivity index (χ1n) is 7.26. The molecular formula is C17H13FN2O4S. The van der Waals surface area contributed by atoms with Gasteiger partial charge in [-0.1, -0.05) is 12.1 Å². The topological polar surface area (TPSA) is 72.6 Å². The van der Waals surface area contributed by atoms with Gasteiger partial charge in [-0.25, -0.2) is 14.2 Å². The third kappa shape index (κ3) is 3.74. The number of esters is 1. The van der Waals surface area contributed by atoms with E-state index in [2.05, 4.69) is 4.98 Å². The molecule has 0 aliphatic carbocycles. The maximum absolute atomic E-state index is 14.0. The van der Waals surface area contributed by atoms with Gasteiger partial charge in [0.15, 0.2) is 5.13 Å². The first kappa shape index (κ1) is 16.8. The number of carbonyl (C=O) groups is 2. The lowest BCUT2D eigenvalue weighted by molar-refractivity contribution is -0.115. The minimum Gasteiger partial charge on any atom is -0.457 e. The minimum atomic E-state index is -0.614. The molecular weight excluding hydrogens is 347 g/mol. The van der Waals surface area contributed by atoms with Gasteiger partial charge in [0.05, 0.1) is 17.6 Å². The van der Waals surface area contributed by atoms with Crippen LogP contribution in [-0.4, -0.2) is 16.9 Å². The molecule has 0 N–H and O–H groups in total. The third-order valence-corrected chi connectivity index (χ3v) is 4.09. The molecule has 0 radical (unpaired) electrons. The van der Waals surface area contributed by atoms with E-state index in [1.165, 1.54) is 36.3 Å². The van der Waals surface area contributed by atoms with Crippen molar-refractivity contribution in [2.75, 3.05) is 4.90 Å². The lowest BCUT2D eigenvalue weighted by Gasteiger charge is -2.18. The molecule has 25 heavy (non-hydrogen) atoms. The highest BCUT2D eigenvalue weighted by molar-refractivity contribution is 7.14. The number of halogens is 1. The van der Waals surface area contributed by atoms with Gasteiger partial charge in [-0.15, -0.1) is 11.3 Å².